The third-order valence-corrected chi connectivity index (χ3v) is 2.49. The monoisotopic (exact) mass is 284 g/mol. The van der Waals surface area contributed by atoms with E-state index < -0.39 is 0 Å². The van der Waals surface area contributed by atoms with E-state index in [0.717, 1.165) is 5.71 Å². The summed E-state index contributed by atoms with van der Waals surface area (Å²) in [6, 6.07) is 5.19. The number of carbonyl (C=O) groups excluding carboxylic acids is 1. The Bertz CT molecular complexity index is 426. The maximum Gasteiger partial charge on any atom is 0.272 e. The molecule has 5 heteroatoms. The van der Waals surface area contributed by atoms with Gasteiger partial charge in [0.15, 0.2) is 0 Å². The predicted octanol–water partition coefficient (Wildman–Crippen LogP) is 2.58. The van der Waals surface area contributed by atoms with Gasteiger partial charge in [-0.15, -0.1) is 0 Å². The third kappa shape index (κ3) is 3.34. The summed E-state index contributed by atoms with van der Waals surface area (Å²) in [6.07, 6.45) is 0. The first-order valence-electron chi connectivity index (χ1n) is 4.69. The van der Waals surface area contributed by atoms with Gasteiger partial charge in [-0.25, -0.2) is 5.43 Å². The molecule has 16 heavy (non-hydrogen) atoms. The van der Waals surface area contributed by atoms with Crippen LogP contribution in [-0.2, 0) is 0 Å². The van der Waals surface area contributed by atoms with Gasteiger partial charge in [-0.3, -0.25) is 4.79 Å². The zero-order valence-electron chi connectivity index (χ0n) is 9.37. The van der Waals surface area contributed by atoms with E-state index in [9.17, 15) is 4.79 Å². The molecule has 0 spiro atoms. The number of carbonyl (C=O) groups is 1. The summed E-state index contributed by atoms with van der Waals surface area (Å²) >= 11 is 3.30. The first-order chi connectivity index (χ1) is 7.54. The zero-order valence-corrected chi connectivity index (χ0v) is 11.0. The lowest BCUT2D eigenvalue weighted by molar-refractivity contribution is 0.0953. The highest BCUT2D eigenvalue weighted by atomic mass is 79.9. The Morgan fingerprint density at radius 2 is 2.12 bits per heavy atom. The average Bonchev–Trinajstić information content (AvgIpc) is 2.26. The van der Waals surface area contributed by atoms with Crippen molar-refractivity contribution < 1.29 is 9.53 Å². The zero-order chi connectivity index (χ0) is 12.1. The maximum atomic E-state index is 11.7. The molecule has 0 saturated carbocycles. The number of hydrogen-bond donors (Lipinski definition) is 1. The van der Waals surface area contributed by atoms with Crippen molar-refractivity contribution in [2.45, 2.75) is 13.8 Å². The largest absolute Gasteiger partial charge is 0.497 e. The number of rotatable bonds is 3. The Morgan fingerprint density at radius 3 is 2.69 bits per heavy atom. The number of benzene rings is 1. The molecule has 86 valence electrons. The Labute approximate surface area is 103 Å². The Morgan fingerprint density at radius 1 is 1.44 bits per heavy atom. The lowest BCUT2D eigenvalue weighted by Gasteiger charge is -2.06. The summed E-state index contributed by atoms with van der Waals surface area (Å²) in [5.74, 6) is 0.359. The SMILES string of the molecule is COc1ccc(Br)c(C(=O)NN=C(C)C)c1. The molecule has 1 aromatic carbocycles. The molecular weight excluding hydrogens is 272 g/mol. The Kier molecular flexibility index (Phi) is 4.49. The minimum absolute atomic E-state index is 0.271. The smallest absolute Gasteiger partial charge is 0.272 e. The molecule has 0 bridgehead atoms. The summed E-state index contributed by atoms with van der Waals surface area (Å²) in [5.41, 5.74) is 3.73. The van der Waals surface area contributed by atoms with Crippen molar-refractivity contribution in [2.24, 2.45) is 5.10 Å². The Balaban J connectivity index is 2.94. The van der Waals surface area contributed by atoms with Gasteiger partial charge in [0, 0.05) is 10.2 Å². The fourth-order valence-electron chi connectivity index (χ4n) is 1.03. The van der Waals surface area contributed by atoms with Crippen molar-refractivity contribution in [3.05, 3.63) is 28.2 Å². The first kappa shape index (κ1) is 12.7. The second-order valence-electron chi connectivity index (χ2n) is 3.35. The molecule has 0 aliphatic carbocycles. The average molecular weight is 285 g/mol. The van der Waals surface area contributed by atoms with Crippen LogP contribution in [0.15, 0.2) is 27.8 Å². The van der Waals surface area contributed by atoms with E-state index in [2.05, 4.69) is 26.5 Å². The predicted molar refractivity (Wildman–Crippen MR) is 66.9 cm³/mol. The molecule has 4 nitrogen and oxygen atoms in total. The van der Waals surface area contributed by atoms with E-state index in [4.69, 9.17) is 4.74 Å². The second-order valence-corrected chi connectivity index (χ2v) is 4.20. The van der Waals surface area contributed by atoms with Crippen LogP contribution in [0, 0.1) is 0 Å². The summed E-state index contributed by atoms with van der Waals surface area (Å²) in [6.45, 7) is 3.61. The number of ether oxygens (including phenoxy) is 1. The van der Waals surface area contributed by atoms with E-state index >= 15 is 0 Å². The number of hydrogen-bond acceptors (Lipinski definition) is 3. The molecule has 0 aliphatic rings. The van der Waals surface area contributed by atoms with E-state index in [1.54, 1.807) is 39.2 Å². The molecule has 0 aliphatic heterocycles. The second kappa shape index (κ2) is 5.65. The van der Waals surface area contributed by atoms with Crippen LogP contribution in [0.25, 0.3) is 0 Å². The summed E-state index contributed by atoms with van der Waals surface area (Å²) < 4.78 is 5.75. The summed E-state index contributed by atoms with van der Waals surface area (Å²) in [7, 11) is 1.55. The molecule has 0 unspecified atom stereocenters. The molecule has 0 aromatic heterocycles. The Hall–Kier alpha value is -1.36. The van der Waals surface area contributed by atoms with E-state index in [-0.39, 0.29) is 5.91 Å². The van der Waals surface area contributed by atoms with Crippen LogP contribution in [0.3, 0.4) is 0 Å². The van der Waals surface area contributed by atoms with Gasteiger partial charge in [-0.1, -0.05) is 0 Å². The van der Waals surface area contributed by atoms with Gasteiger partial charge in [0.1, 0.15) is 5.75 Å². The normalized spacial score (nSPS) is 9.50. The van der Waals surface area contributed by atoms with Crippen LogP contribution < -0.4 is 10.2 Å². The van der Waals surface area contributed by atoms with Gasteiger partial charge in [-0.2, -0.15) is 5.10 Å². The molecule has 0 saturated heterocycles. The van der Waals surface area contributed by atoms with Crippen LogP contribution in [-0.4, -0.2) is 18.7 Å². The lowest BCUT2D eigenvalue weighted by atomic mass is 10.2. The standard InChI is InChI=1S/C11H13BrN2O2/c1-7(2)13-14-11(15)9-6-8(16-3)4-5-10(9)12/h4-6H,1-3H3,(H,14,15). The molecule has 0 atom stereocenters. The van der Waals surface area contributed by atoms with Crippen molar-refractivity contribution in [2.75, 3.05) is 7.11 Å². The fraction of sp³-hybridized carbons (Fsp3) is 0.273. The number of amides is 1. The number of hydrazone groups is 1. The van der Waals surface area contributed by atoms with Crippen LogP contribution in [0.2, 0.25) is 0 Å². The molecular formula is C11H13BrN2O2. The molecule has 0 fully saturated rings. The van der Waals surface area contributed by atoms with Crippen molar-refractivity contribution in [1.29, 1.82) is 0 Å². The topological polar surface area (TPSA) is 50.7 Å². The van der Waals surface area contributed by atoms with Gasteiger partial charge >= 0.3 is 0 Å². The highest BCUT2D eigenvalue weighted by Crippen LogP contribution is 2.22. The quantitative estimate of drug-likeness (QED) is 0.685. The summed E-state index contributed by atoms with van der Waals surface area (Å²) in [5, 5.41) is 3.85. The van der Waals surface area contributed by atoms with Gasteiger partial charge < -0.3 is 4.74 Å². The van der Waals surface area contributed by atoms with Gasteiger partial charge in [0.2, 0.25) is 0 Å². The minimum atomic E-state index is -0.271. The summed E-state index contributed by atoms with van der Waals surface area (Å²) in [4.78, 5) is 11.7. The number of nitrogens with one attached hydrogen (secondary N) is 1. The number of nitrogens with zero attached hydrogens (tertiary/aromatic N) is 1. The molecule has 1 amide bonds. The molecule has 1 N–H and O–H groups in total. The van der Waals surface area contributed by atoms with Crippen molar-refractivity contribution >= 4 is 27.5 Å². The molecule has 0 radical (unpaired) electrons. The molecule has 0 heterocycles. The van der Waals surface area contributed by atoms with Gasteiger partial charge in [0.05, 0.1) is 12.7 Å². The van der Waals surface area contributed by atoms with Gasteiger partial charge in [0.25, 0.3) is 5.91 Å². The van der Waals surface area contributed by atoms with Crippen molar-refractivity contribution in [3.63, 3.8) is 0 Å². The van der Waals surface area contributed by atoms with Gasteiger partial charge in [-0.05, 0) is 48.0 Å². The highest BCUT2D eigenvalue weighted by Gasteiger charge is 2.10. The van der Waals surface area contributed by atoms with Crippen molar-refractivity contribution in [3.8, 4) is 5.75 Å². The molecule has 1 aromatic rings. The number of halogens is 1. The van der Waals surface area contributed by atoms with Crippen LogP contribution >= 0.6 is 15.9 Å². The number of methoxy groups -OCH3 is 1. The van der Waals surface area contributed by atoms with E-state index in [1.807, 2.05) is 0 Å². The van der Waals surface area contributed by atoms with Crippen LogP contribution in [0.1, 0.15) is 24.2 Å². The van der Waals surface area contributed by atoms with Crippen LogP contribution in [0.4, 0.5) is 0 Å². The third-order valence-electron chi connectivity index (χ3n) is 1.80. The molecule has 1 rings (SSSR count). The maximum absolute atomic E-state index is 11.7. The van der Waals surface area contributed by atoms with Crippen LogP contribution in [0.5, 0.6) is 5.75 Å². The van der Waals surface area contributed by atoms with E-state index in [0.29, 0.717) is 15.8 Å². The first-order valence-corrected chi connectivity index (χ1v) is 5.48. The minimum Gasteiger partial charge on any atom is -0.497 e. The van der Waals surface area contributed by atoms with E-state index in [1.165, 1.54) is 0 Å². The van der Waals surface area contributed by atoms with Crippen molar-refractivity contribution in [1.82, 2.24) is 5.43 Å². The fourth-order valence-corrected chi connectivity index (χ4v) is 1.45. The lowest BCUT2D eigenvalue weighted by Crippen LogP contribution is -2.19. The highest BCUT2D eigenvalue weighted by molar-refractivity contribution is 9.10.